The molecule has 2 rings (SSSR count). The van der Waals surface area contributed by atoms with Gasteiger partial charge in [-0.1, -0.05) is 6.07 Å². The number of nitrogen functional groups attached to an aromatic ring is 1. The quantitative estimate of drug-likeness (QED) is 0.676. The Balaban J connectivity index is 2.81. The first-order valence-electron chi connectivity index (χ1n) is 5.14. The molecule has 19 heavy (non-hydrogen) atoms. The van der Waals surface area contributed by atoms with Gasteiger partial charge < -0.3 is 5.73 Å². The lowest BCUT2D eigenvalue weighted by atomic mass is 10.1. The van der Waals surface area contributed by atoms with Gasteiger partial charge in [0.25, 0.3) is 0 Å². The fourth-order valence-corrected chi connectivity index (χ4v) is 2.05. The predicted molar refractivity (Wildman–Crippen MR) is 70.9 cm³/mol. The van der Waals surface area contributed by atoms with Crippen molar-refractivity contribution < 1.29 is 9.31 Å². The van der Waals surface area contributed by atoms with Crippen LogP contribution >= 0.6 is 15.9 Å². The van der Waals surface area contributed by atoms with Crippen LogP contribution in [0.2, 0.25) is 0 Å². The largest absolute Gasteiger partial charge is 0.368 e. The third kappa shape index (κ3) is 2.39. The summed E-state index contributed by atoms with van der Waals surface area (Å²) in [5.41, 5.74) is 5.08. The van der Waals surface area contributed by atoms with E-state index in [-0.39, 0.29) is 33.1 Å². The molecular formula is C11H8BrFN4O2. The van der Waals surface area contributed by atoms with Crippen molar-refractivity contribution in [2.24, 2.45) is 0 Å². The molecule has 0 atom stereocenters. The number of aryl methyl sites for hydroxylation is 1. The summed E-state index contributed by atoms with van der Waals surface area (Å²) < 4.78 is 14.2. The van der Waals surface area contributed by atoms with Gasteiger partial charge in [-0.3, -0.25) is 10.1 Å². The van der Waals surface area contributed by atoms with Crippen LogP contribution in [0.5, 0.6) is 0 Å². The van der Waals surface area contributed by atoms with Gasteiger partial charge in [0, 0.05) is 5.56 Å². The van der Waals surface area contributed by atoms with Gasteiger partial charge in [0.2, 0.25) is 5.95 Å². The molecule has 98 valence electrons. The first kappa shape index (κ1) is 13.3. The topological polar surface area (TPSA) is 94.9 Å². The number of halogens is 2. The van der Waals surface area contributed by atoms with Crippen molar-refractivity contribution in [2.45, 2.75) is 6.92 Å². The van der Waals surface area contributed by atoms with E-state index in [9.17, 15) is 14.5 Å². The van der Waals surface area contributed by atoms with E-state index in [1.807, 2.05) is 0 Å². The van der Waals surface area contributed by atoms with Gasteiger partial charge in [0.05, 0.1) is 9.40 Å². The van der Waals surface area contributed by atoms with Gasteiger partial charge >= 0.3 is 5.69 Å². The SMILES string of the molecule is Cc1nc(N)nc(-c2cccc(Br)c2F)c1[N+](=O)[O-]. The molecule has 0 aliphatic rings. The van der Waals surface area contributed by atoms with Crippen LogP contribution in [0.3, 0.4) is 0 Å². The maximum absolute atomic E-state index is 14.0. The minimum absolute atomic E-state index is 0.00160. The van der Waals surface area contributed by atoms with Crippen molar-refractivity contribution in [1.29, 1.82) is 0 Å². The van der Waals surface area contributed by atoms with Gasteiger partial charge in [-0.15, -0.1) is 0 Å². The summed E-state index contributed by atoms with van der Waals surface area (Å²) in [5, 5.41) is 11.1. The molecule has 0 spiro atoms. The number of aromatic nitrogens is 2. The molecule has 2 aromatic rings. The lowest BCUT2D eigenvalue weighted by molar-refractivity contribution is -0.385. The van der Waals surface area contributed by atoms with E-state index in [2.05, 4.69) is 25.9 Å². The number of nitrogens with two attached hydrogens (primary N) is 1. The molecule has 6 nitrogen and oxygen atoms in total. The second-order valence-electron chi connectivity index (χ2n) is 3.72. The Morgan fingerprint density at radius 1 is 1.42 bits per heavy atom. The van der Waals surface area contributed by atoms with E-state index in [0.29, 0.717) is 0 Å². The zero-order valence-corrected chi connectivity index (χ0v) is 11.3. The number of rotatable bonds is 2. The Hall–Kier alpha value is -2.09. The highest BCUT2D eigenvalue weighted by molar-refractivity contribution is 9.10. The molecule has 1 heterocycles. The van der Waals surface area contributed by atoms with Crippen LogP contribution in [0.25, 0.3) is 11.3 Å². The highest BCUT2D eigenvalue weighted by Crippen LogP contribution is 2.34. The number of anilines is 1. The van der Waals surface area contributed by atoms with E-state index in [4.69, 9.17) is 5.73 Å². The lowest BCUT2D eigenvalue weighted by Crippen LogP contribution is -2.05. The molecule has 0 radical (unpaired) electrons. The number of nitrogens with zero attached hydrogens (tertiary/aromatic N) is 3. The first-order valence-corrected chi connectivity index (χ1v) is 5.94. The van der Waals surface area contributed by atoms with Gasteiger partial charge in [0.15, 0.2) is 5.69 Å². The van der Waals surface area contributed by atoms with E-state index >= 15 is 0 Å². The van der Waals surface area contributed by atoms with Crippen LogP contribution in [0.15, 0.2) is 22.7 Å². The first-order chi connectivity index (χ1) is 8.91. The lowest BCUT2D eigenvalue weighted by Gasteiger charge is -2.07. The van der Waals surface area contributed by atoms with Gasteiger partial charge in [-0.25, -0.2) is 14.4 Å². The highest BCUT2D eigenvalue weighted by Gasteiger charge is 2.25. The Labute approximate surface area is 115 Å². The molecule has 0 aliphatic heterocycles. The van der Waals surface area contributed by atoms with Gasteiger partial charge in [-0.05, 0) is 35.0 Å². The zero-order valence-electron chi connectivity index (χ0n) is 9.72. The van der Waals surface area contributed by atoms with Gasteiger partial charge in [0.1, 0.15) is 11.5 Å². The molecule has 1 aromatic carbocycles. The van der Waals surface area contributed by atoms with Crippen LogP contribution in [-0.2, 0) is 0 Å². The monoisotopic (exact) mass is 326 g/mol. The fraction of sp³-hybridized carbons (Fsp3) is 0.0909. The van der Waals surface area contributed by atoms with Crippen molar-refractivity contribution >= 4 is 27.6 Å². The average molecular weight is 327 g/mol. The van der Waals surface area contributed by atoms with E-state index in [1.165, 1.54) is 19.1 Å². The number of hydrogen-bond acceptors (Lipinski definition) is 5. The Morgan fingerprint density at radius 2 is 2.11 bits per heavy atom. The van der Waals surface area contributed by atoms with E-state index < -0.39 is 10.7 Å². The molecule has 0 bridgehead atoms. The summed E-state index contributed by atoms with van der Waals surface area (Å²) in [7, 11) is 0. The second kappa shape index (κ2) is 4.88. The number of hydrogen-bond donors (Lipinski definition) is 1. The average Bonchev–Trinajstić information content (AvgIpc) is 2.31. The smallest absolute Gasteiger partial charge is 0.316 e. The number of nitro groups is 1. The van der Waals surface area contributed by atoms with E-state index in [1.54, 1.807) is 6.07 Å². The normalized spacial score (nSPS) is 10.5. The third-order valence-electron chi connectivity index (χ3n) is 2.46. The van der Waals surface area contributed by atoms with Crippen LogP contribution in [-0.4, -0.2) is 14.9 Å². The summed E-state index contributed by atoms with van der Waals surface area (Å²) in [4.78, 5) is 17.9. The molecule has 0 fully saturated rings. The maximum atomic E-state index is 14.0. The van der Waals surface area contributed by atoms with E-state index in [0.717, 1.165) is 0 Å². The third-order valence-corrected chi connectivity index (χ3v) is 3.08. The predicted octanol–water partition coefficient (Wildman–Crippen LogP) is 2.84. The Bertz CT molecular complexity index is 678. The summed E-state index contributed by atoms with van der Waals surface area (Å²) in [6.07, 6.45) is 0. The van der Waals surface area contributed by atoms with Crippen molar-refractivity contribution in [3.63, 3.8) is 0 Å². The summed E-state index contributed by atoms with van der Waals surface area (Å²) >= 11 is 3.02. The Morgan fingerprint density at radius 3 is 2.74 bits per heavy atom. The summed E-state index contributed by atoms with van der Waals surface area (Å²) in [6.45, 7) is 1.43. The molecule has 0 aliphatic carbocycles. The molecule has 8 heteroatoms. The summed E-state index contributed by atoms with van der Waals surface area (Å²) in [5.74, 6) is -0.777. The van der Waals surface area contributed by atoms with Crippen molar-refractivity contribution in [3.8, 4) is 11.3 Å². The van der Waals surface area contributed by atoms with Crippen molar-refractivity contribution in [2.75, 3.05) is 5.73 Å². The molecular weight excluding hydrogens is 319 g/mol. The molecule has 0 unspecified atom stereocenters. The van der Waals surface area contributed by atoms with Crippen LogP contribution < -0.4 is 5.73 Å². The maximum Gasteiger partial charge on any atom is 0.316 e. The standard InChI is InChI=1S/C11H8BrFN4O2/c1-5-10(17(18)19)9(16-11(14)15-5)6-3-2-4-7(12)8(6)13/h2-4H,1H3,(H2,14,15,16). The Kier molecular flexibility index (Phi) is 3.43. The molecule has 1 aromatic heterocycles. The minimum Gasteiger partial charge on any atom is -0.368 e. The zero-order chi connectivity index (χ0) is 14.2. The van der Waals surface area contributed by atoms with Crippen molar-refractivity contribution in [1.82, 2.24) is 9.97 Å². The van der Waals surface area contributed by atoms with Crippen LogP contribution in [0.1, 0.15) is 5.69 Å². The highest BCUT2D eigenvalue weighted by atomic mass is 79.9. The van der Waals surface area contributed by atoms with Crippen LogP contribution in [0, 0.1) is 22.9 Å². The van der Waals surface area contributed by atoms with Crippen LogP contribution in [0.4, 0.5) is 16.0 Å². The fourth-order valence-electron chi connectivity index (χ4n) is 1.68. The number of benzene rings is 1. The molecule has 0 saturated carbocycles. The summed E-state index contributed by atoms with van der Waals surface area (Å²) in [6, 6.07) is 4.44. The minimum atomic E-state index is -0.648. The van der Waals surface area contributed by atoms with Crippen molar-refractivity contribution in [3.05, 3.63) is 44.3 Å². The molecule has 2 N–H and O–H groups in total. The van der Waals surface area contributed by atoms with Gasteiger partial charge in [-0.2, -0.15) is 0 Å². The second-order valence-corrected chi connectivity index (χ2v) is 4.58. The molecule has 0 saturated heterocycles. The molecule has 0 amide bonds.